The first-order chi connectivity index (χ1) is 16.5. The van der Waals surface area contributed by atoms with Crippen LogP contribution in [-0.2, 0) is 21.4 Å². The zero-order valence-electron chi connectivity index (χ0n) is 21.7. The lowest BCUT2D eigenvalue weighted by Gasteiger charge is -2.08. The van der Waals surface area contributed by atoms with Gasteiger partial charge in [0.05, 0.1) is 22.8 Å². The Morgan fingerprint density at radius 3 is 2.14 bits per heavy atom. The Kier molecular flexibility index (Phi) is 11.6. The van der Waals surface area contributed by atoms with E-state index < -0.39 is 10.0 Å². The molecule has 1 saturated carbocycles. The number of fused-ring (bicyclic) bond motifs is 1. The number of ketones is 1. The van der Waals surface area contributed by atoms with Gasteiger partial charge in [0, 0.05) is 12.0 Å². The van der Waals surface area contributed by atoms with Gasteiger partial charge in [-0.2, -0.15) is 0 Å². The van der Waals surface area contributed by atoms with Crippen LogP contribution in [0.15, 0.2) is 60.0 Å². The molecule has 5 nitrogen and oxygen atoms in total. The molecule has 1 aliphatic rings. The Hall–Kier alpha value is -2.06. The molecule has 0 radical (unpaired) electrons. The number of rotatable bonds is 8. The van der Waals surface area contributed by atoms with Crippen LogP contribution in [-0.4, -0.2) is 31.6 Å². The molecule has 7 heteroatoms. The molecule has 1 fully saturated rings. The van der Waals surface area contributed by atoms with E-state index in [2.05, 4.69) is 61.0 Å². The summed E-state index contributed by atoms with van der Waals surface area (Å²) in [6.45, 7) is 12.3. The number of hydrogen-bond donors (Lipinski definition) is 1. The number of sulfonamides is 1. The van der Waals surface area contributed by atoms with Crippen molar-refractivity contribution < 1.29 is 17.9 Å². The standard InChI is InChI=1S/C14H16O.C8H10OS.C6H13NO2S/c1-11(2)15-10-12-7-8-13-5-3-4-6-14(13)9-12;1-6(2)8(9)7-4-3-5-10-7;1-5(2)7-10(8,9)6-3-4-6/h3-9,11H,10H2,1-2H3;3-6H,1-2H3;5-7H,3-4H2,1-2H3. The van der Waals surface area contributed by atoms with Gasteiger partial charge < -0.3 is 4.74 Å². The van der Waals surface area contributed by atoms with Crippen molar-refractivity contribution in [1.29, 1.82) is 0 Å². The summed E-state index contributed by atoms with van der Waals surface area (Å²) >= 11 is 1.51. The van der Waals surface area contributed by atoms with Crippen molar-refractivity contribution >= 4 is 37.9 Å². The number of Topliss-reactive ketones (excluding diaryl/α,β-unsaturated/α-hetero) is 1. The van der Waals surface area contributed by atoms with Crippen molar-refractivity contribution in [3.05, 3.63) is 70.4 Å². The molecular formula is C28H39NO4S2. The Morgan fingerprint density at radius 1 is 0.971 bits per heavy atom. The molecule has 1 aliphatic carbocycles. The minimum atomic E-state index is -2.94. The van der Waals surface area contributed by atoms with Crippen LogP contribution < -0.4 is 4.72 Å². The van der Waals surface area contributed by atoms with Crippen molar-refractivity contribution in [2.75, 3.05) is 0 Å². The molecule has 4 rings (SSSR count). The van der Waals surface area contributed by atoms with E-state index in [1.807, 2.05) is 45.2 Å². The quantitative estimate of drug-likeness (QED) is 0.333. The SMILES string of the molecule is CC(C)C(=O)c1cccs1.CC(C)NS(=O)(=O)C1CC1.CC(C)OCc1ccc2ccccc2c1. The smallest absolute Gasteiger partial charge is 0.214 e. The summed E-state index contributed by atoms with van der Waals surface area (Å²) in [5.74, 6) is 0.369. The van der Waals surface area contributed by atoms with Gasteiger partial charge in [-0.05, 0) is 74.4 Å². The highest BCUT2D eigenvalue weighted by molar-refractivity contribution is 7.90. The first-order valence-corrected chi connectivity index (χ1v) is 14.6. The Balaban J connectivity index is 0.000000192. The molecule has 35 heavy (non-hydrogen) atoms. The molecule has 0 unspecified atom stereocenters. The molecule has 0 saturated heterocycles. The summed E-state index contributed by atoms with van der Waals surface area (Å²) < 4.78 is 30.3. The molecule has 0 bridgehead atoms. The molecule has 1 aromatic heterocycles. The Labute approximate surface area is 215 Å². The highest BCUT2D eigenvalue weighted by atomic mass is 32.2. The zero-order valence-corrected chi connectivity index (χ0v) is 23.3. The van der Waals surface area contributed by atoms with Gasteiger partial charge in [0.1, 0.15) is 0 Å². The van der Waals surface area contributed by atoms with Crippen molar-refractivity contribution in [1.82, 2.24) is 4.72 Å². The van der Waals surface area contributed by atoms with E-state index in [0.717, 1.165) is 17.7 Å². The van der Waals surface area contributed by atoms with Gasteiger partial charge in [-0.1, -0.05) is 56.3 Å². The van der Waals surface area contributed by atoms with E-state index in [-0.39, 0.29) is 29.1 Å². The third-order valence-electron chi connectivity index (χ3n) is 5.05. The van der Waals surface area contributed by atoms with Gasteiger partial charge in [-0.15, -0.1) is 11.3 Å². The number of thiophene rings is 1. The fourth-order valence-corrected chi connectivity index (χ4v) is 5.52. The predicted octanol–water partition coefficient (Wildman–Crippen LogP) is 6.83. The molecule has 1 N–H and O–H groups in total. The lowest BCUT2D eigenvalue weighted by Crippen LogP contribution is -2.32. The lowest BCUT2D eigenvalue weighted by molar-refractivity contribution is 0.0658. The first kappa shape index (κ1) is 29.2. The van der Waals surface area contributed by atoms with Crippen LogP contribution in [0.2, 0.25) is 0 Å². The van der Waals surface area contributed by atoms with Crippen molar-refractivity contribution in [2.45, 2.75) is 78.4 Å². The fourth-order valence-electron chi connectivity index (χ4n) is 3.10. The van der Waals surface area contributed by atoms with Crippen molar-refractivity contribution in [3.8, 4) is 0 Å². The van der Waals surface area contributed by atoms with Crippen LogP contribution in [0.25, 0.3) is 10.8 Å². The zero-order chi connectivity index (χ0) is 26.0. The molecule has 0 amide bonds. The summed E-state index contributed by atoms with van der Waals surface area (Å²) in [6.07, 6.45) is 1.96. The third kappa shape index (κ3) is 10.6. The maximum Gasteiger partial charge on any atom is 0.214 e. The number of ether oxygens (including phenoxy) is 1. The van der Waals surface area contributed by atoms with Gasteiger partial charge >= 0.3 is 0 Å². The van der Waals surface area contributed by atoms with Gasteiger partial charge in [-0.3, -0.25) is 4.79 Å². The first-order valence-electron chi connectivity index (χ1n) is 12.2. The van der Waals surface area contributed by atoms with Gasteiger partial charge in [0.15, 0.2) is 5.78 Å². The molecule has 3 aromatic rings. The highest BCUT2D eigenvalue weighted by Crippen LogP contribution is 2.27. The molecule has 2 aromatic carbocycles. The van der Waals surface area contributed by atoms with Gasteiger partial charge in [0.2, 0.25) is 10.0 Å². The van der Waals surface area contributed by atoms with Gasteiger partial charge in [0.25, 0.3) is 0 Å². The number of nitrogens with one attached hydrogen (secondary N) is 1. The fraction of sp³-hybridized carbons (Fsp3) is 0.464. The average Bonchev–Trinajstić information content (AvgIpc) is 3.53. The minimum Gasteiger partial charge on any atom is -0.374 e. The largest absolute Gasteiger partial charge is 0.374 e. The average molecular weight is 518 g/mol. The topological polar surface area (TPSA) is 72.5 Å². The monoisotopic (exact) mass is 517 g/mol. The summed E-state index contributed by atoms with van der Waals surface area (Å²) in [5, 5.41) is 4.40. The molecular weight excluding hydrogens is 478 g/mol. The van der Waals surface area contributed by atoms with E-state index in [1.54, 1.807) is 0 Å². The third-order valence-corrected chi connectivity index (χ3v) is 8.08. The number of carbonyl (C=O) groups excluding carboxylic acids is 1. The summed E-state index contributed by atoms with van der Waals surface area (Å²) in [7, 11) is -2.94. The summed E-state index contributed by atoms with van der Waals surface area (Å²) in [4.78, 5) is 12.1. The highest BCUT2D eigenvalue weighted by Gasteiger charge is 2.35. The lowest BCUT2D eigenvalue weighted by atomic mass is 10.1. The molecule has 0 aliphatic heterocycles. The summed E-state index contributed by atoms with van der Waals surface area (Å²) in [6, 6.07) is 18.7. The van der Waals surface area contributed by atoms with Crippen molar-refractivity contribution in [3.63, 3.8) is 0 Å². The summed E-state index contributed by atoms with van der Waals surface area (Å²) in [5.41, 5.74) is 1.24. The van der Waals surface area contributed by atoms with Crippen LogP contribution in [0.3, 0.4) is 0 Å². The molecule has 0 atom stereocenters. The maximum absolute atomic E-state index is 11.2. The Bertz CT molecular complexity index is 1150. The second-order valence-electron chi connectivity index (χ2n) is 9.55. The van der Waals surface area contributed by atoms with E-state index >= 15 is 0 Å². The second-order valence-corrected chi connectivity index (χ2v) is 12.5. The second kappa shape index (κ2) is 13.9. The van der Waals surface area contributed by atoms with E-state index in [4.69, 9.17) is 4.74 Å². The number of benzene rings is 2. The van der Waals surface area contributed by atoms with Crippen LogP contribution in [0.5, 0.6) is 0 Å². The van der Waals surface area contributed by atoms with E-state index in [0.29, 0.717) is 6.61 Å². The molecule has 0 spiro atoms. The van der Waals surface area contributed by atoms with Crippen molar-refractivity contribution in [2.24, 2.45) is 5.92 Å². The minimum absolute atomic E-state index is 0.0330. The van der Waals surface area contributed by atoms with E-state index in [1.165, 1.54) is 27.7 Å². The van der Waals surface area contributed by atoms with Crippen LogP contribution in [0.4, 0.5) is 0 Å². The van der Waals surface area contributed by atoms with Crippen LogP contribution in [0.1, 0.15) is 69.6 Å². The normalized spacial score (nSPS) is 13.4. The number of carbonyl (C=O) groups is 1. The number of hydrogen-bond acceptors (Lipinski definition) is 5. The molecule has 192 valence electrons. The maximum atomic E-state index is 11.2. The predicted molar refractivity (Wildman–Crippen MR) is 148 cm³/mol. The van der Waals surface area contributed by atoms with E-state index in [9.17, 15) is 13.2 Å². The van der Waals surface area contributed by atoms with Crippen LogP contribution in [0, 0.1) is 5.92 Å². The van der Waals surface area contributed by atoms with Gasteiger partial charge in [-0.25, -0.2) is 13.1 Å². The Morgan fingerprint density at radius 2 is 1.63 bits per heavy atom. The molecule has 1 heterocycles. The van der Waals surface area contributed by atoms with Crippen LogP contribution >= 0.6 is 11.3 Å².